The van der Waals surface area contributed by atoms with E-state index in [2.05, 4.69) is 29.2 Å². The van der Waals surface area contributed by atoms with E-state index in [1.807, 2.05) is 66.7 Å². The molecule has 2 saturated heterocycles. The van der Waals surface area contributed by atoms with Gasteiger partial charge in [0.05, 0.1) is 38.1 Å². The lowest BCUT2D eigenvalue weighted by Crippen LogP contribution is -2.63. The van der Waals surface area contributed by atoms with Crippen molar-refractivity contribution < 1.29 is 19.3 Å². The summed E-state index contributed by atoms with van der Waals surface area (Å²) >= 11 is 0. The van der Waals surface area contributed by atoms with Crippen molar-refractivity contribution in [2.45, 2.75) is 56.7 Å². The third kappa shape index (κ3) is 5.57. The number of ether oxygens (including phenoxy) is 3. The first-order valence-electron chi connectivity index (χ1n) is 12.2. The molecule has 3 aromatic rings. The first kappa shape index (κ1) is 23.2. The number of hydrogen-bond acceptors (Lipinski definition) is 5. The Morgan fingerprint density at radius 2 is 1.12 bits per heavy atom. The summed E-state index contributed by atoms with van der Waals surface area (Å²) in [6.45, 7) is 3.09. The summed E-state index contributed by atoms with van der Waals surface area (Å²) in [5, 5.41) is 11.5. The molecular weight excluding hydrogens is 426 g/mol. The number of benzene rings is 3. The van der Waals surface area contributed by atoms with Gasteiger partial charge in [-0.1, -0.05) is 91.0 Å². The van der Waals surface area contributed by atoms with E-state index < -0.39 is 12.2 Å². The fourth-order valence-corrected chi connectivity index (χ4v) is 5.10. The predicted molar refractivity (Wildman–Crippen MR) is 131 cm³/mol. The van der Waals surface area contributed by atoms with Crippen molar-refractivity contribution in [3.63, 3.8) is 0 Å². The van der Waals surface area contributed by atoms with Crippen LogP contribution in [0.5, 0.6) is 0 Å². The van der Waals surface area contributed by atoms with Gasteiger partial charge in [-0.25, -0.2) is 0 Å². The second-order valence-corrected chi connectivity index (χ2v) is 9.20. The van der Waals surface area contributed by atoms with Gasteiger partial charge in [0.25, 0.3) is 0 Å². The number of aliphatic hydroxyl groups excluding tert-OH is 1. The molecule has 5 nitrogen and oxygen atoms in total. The Bertz CT molecular complexity index is 1000. The Morgan fingerprint density at radius 3 is 1.65 bits per heavy atom. The summed E-state index contributed by atoms with van der Waals surface area (Å²) < 4.78 is 19.0. The second-order valence-electron chi connectivity index (χ2n) is 9.20. The van der Waals surface area contributed by atoms with Crippen LogP contribution in [0.2, 0.25) is 0 Å². The molecule has 2 aliphatic heterocycles. The summed E-state index contributed by atoms with van der Waals surface area (Å²) in [6.07, 6.45) is -0.477. The molecule has 0 radical (unpaired) electrons. The molecule has 0 amide bonds. The average molecular weight is 460 g/mol. The van der Waals surface area contributed by atoms with Crippen molar-refractivity contribution in [1.29, 1.82) is 0 Å². The Labute approximate surface area is 201 Å². The Morgan fingerprint density at radius 1 is 0.647 bits per heavy atom. The minimum Gasteiger partial charge on any atom is -0.389 e. The van der Waals surface area contributed by atoms with E-state index in [0.717, 1.165) is 36.2 Å². The zero-order valence-electron chi connectivity index (χ0n) is 19.4. The quantitative estimate of drug-likeness (QED) is 0.520. The van der Waals surface area contributed by atoms with E-state index in [0.29, 0.717) is 19.8 Å². The SMILES string of the molecule is O[C@H]1[C@H](OCc2ccccc2)[C@@H](OCc2ccccc2)CN2CC[C@H](OCc3ccccc3)[C@H]12. The van der Waals surface area contributed by atoms with E-state index >= 15 is 0 Å². The lowest BCUT2D eigenvalue weighted by Gasteiger charge is -2.45. The maximum atomic E-state index is 11.5. The molecule has 34 heavy (non-hydrogen) atoms. The minimum atomic E-state index is -0.693. The summed E-state index contributed by atoms with van der Waals surface area (Å²) in [6, 6.07) is 30.4. The molecule has 1 N–H and O–H groups in total. The normalized spacial score (nSPS) is 26.9. The Kier molecular flexibility index (Phi) is 7.69. The van der Waals surface area contributed by atoms with Crippen LogP contribution in [-0.2, 0) is 34.0 Å². The van der Waals surface area contributed by atoms with Gasteiger partial charge in [-0.15, -0.1) is 0 Å². The van der Waals surface area contributed by atoms with Crippen LogP contribution in [0.25, 0.3) is 0 Å². The zero-order valence-corrected chi connectivity index (χ0v) is 19.4. The highest BCUT2D eigenvalue weighted by Crippen LogP contribution is 2.33. The van der Waals surface area contributed by atoms with E-state index in [4.69, 9.17) is 14.2 Å². The fraction of sp³-hybridized carbons (Fsp3) is 0.379. The molecular formula is C29H33NO4. The Hall–Kier alpha value is -2.54. The molecule has 2 aliphatic rings. The van der Waals surface area contributed by atoms with E-state index in [-0.39, 0.29) is 18.2 Å². The third-order valence-electron chi connectivity index (χ3n) is 6.87. The van der Waals surface area contributed by atoms with E-state index in [1.165, 1.54) is 0 Å². The molecule has 5 heteroatoms. The molecule has 3 aromatic carbocycles. The van der Waals surface area contributed by atoms with Crippen molar-refractivity contribution >= 4 is 0 Å². The van der Waals surface area contributed by atoms with Crippen molar-refractivity contribution in [1.82, 2.24) is 4.90 Å². The molecule has 0 unspecified atom stereocenters. The second kappa shape index (κ2) is 11.3. The van der Waals surface area contributed by atoms with Gasteiger partial charge in [-0.05, 0) is 23.1 Å². The van der Waals surface area contributed by atoms with E-state index in [9.17, 15) is 5.11 Å². The predicted octanol–water partition coefficient (Wildman–Crippen LogP) is 4.19. The molecule has 0 aliphatic carbocycles. The third-order valence-corrected chi connectivity index (χ3v) is 6.87. The van der Waals surface area contributed by atoms with Gasteiger partial charge in [-0.2, -0.15) is 0 Å². The molecule has 2 fully saturated rings. The van der Waals surface area contributed by atoms with Crippen molar-refractivity contribution in [2.24, 2.45) is 0 Å². The lowest BCUT2D eigenvalue weighted by atomic mass is 9.92. The molecule has 5 atom stereocenters. The van der Waals surface area contributed by atoms with Crippen molar-refractivity contribution in [3.05, 3.63) is 108 Å². The van der Waals surface area contributed by atoms with Crippen molar-refractivity contribution in [2.75, 3.05) is 13.1 Å². The highest BCUT2D eigenvalue weighted by atomic mass is 16.6. The smallest absolute Gasteiger partial charge is 0.113 e. The number of nitrogens with zero attached hydrogens (tertiary/aromatic N) is 1. The van der Waals surface area contributed by atoms with Crippen LogP contribution in [0.15, 0.2) is 91.0 Å². The summed E-state index contributed by atoms with van der Waals surface area (Å²) in [4.78, 5) is 2.32. The molecule has 0 bridgehead atoms. The van der Waals surface area contributed by atoms with Gasteiger partial charge in [0.15, 0.2) is 0 Å². The zero-order chi connectivity index (χ0) is 23.2. The molecule has 0 saturated carbocycles. The van der Waals surface area contributed by atoms with Crippen LogP contribution in [0.4, 0.5) is 0 Å². The van der Waals surface area contributed by atoms with Gasteiger partial charge in [0.1, 0.15) is 12.2 Å². The minimum absolute atomic E-state index is 0.0342. The Balaban J connectivity index is 1.28. The molecule has 178 valence electrons. The number of hydrogen-bond donors (Lipinski definition) is 1. The first-order valence-corrected chi connectivity index (χ1v) is 12.2. The van der Waals surface area contributed by atoms with Crippen LogP contribution in [-0.4, -0.2) is 53.6 Å². The van der Waals surface area contributed by atoms with Gasteiger partial charge >= 0.3 is 0 Å². The number of aliphatic hydroxyl groups is 1. The highest BCUT2D eigenvalue weighted by molar-refractivity contribution is 5.16. The fourth-order valence-electron chi connectivity index (χ4n) is 5.10. The number of fused-ring (bicyclic) bond motifs is 1. The maximum Gasteiger partial charge on any atom is 0.113 e. The number of piperidine rings is 1. The van der Waals surface area contributed by atoms with Gasteiger partial charge in [0, 0.05) is 13.1 Å². The van der Waals surface area contributed by atoms with Crippen molar-refractivity contribution in [3.8, 4) is 0 Å². The van der Waals surface area contributed by atoms with Crippen LogP contribution in [0, 0.1) is 0 Å². The monoisotopic (exact) mass is 459 g/mol. The average Bonchev–Trinajstić information content (AvgIpc) is 3.31. The van der Waals surface area contributed by atoms with Gasteiger partial charge in [-0.3, -0.25) is 4.90 Å². The van der Waals surface area contributed by atoms with Crippen LogP contribution < -0.4 is 0 Å². The standard InChI is InChI=1S/C29H33NO4/c31-28-27-25(32-19-22-10-4-1-5-11-22)16-17-30(27)18-26(33-20-23-12-6-2-7-13-23)29(28)34-21-24-14-8-3-9-15-24/h1-15,25-29,31H,16-21H2/t25-,26-,27+,28+,29+/m0/s1. The van der Waals surface area contributed by atoms with E-state index in [1.54, 1.807) is 0 Å². The molecule has 5 rings (SSSR count). The lowest BCUT2D eigenvalue weighted by molar-refractivity contribution is -0.190. The number of rotatable bonds is 9. The maximum absolute atomic E-state index is 11.5. The van der Waals surface area contributed by atoms with Crippen LogP contribution >= 0.6 is 0 Å². The van der Waals surface area contributed by atoms with Gasteiger partial charge in [0.2, 0.25) is 0 Å². The largest absolute Gasteiger partial charge is 0.389 e. The van der Waals surface area contributed by atoms with Gasteiger partial charge < -0.3 is 19.3 Å². The summed E-state index contributed by atoms with van der Waals surface area (Å²) in [5.74, 6) is 0. The van der Waals surface area contributed by atoms with Crippen LogP contribution in [0.1, 0.15) is 23.1 Å². The summed E-state index contributed by atoms with van der Waals surface area (Å²) in [5.41, 5.74) is 3.35. The topological polar surface area (TPSA) is 51.2 Å². The summed E-state index contributed by atoms with van der Waals surface area (Å²) in [7, 11) is 0. The molecule has 0 aromatic heterocycles. The molecule has 2 heterocycles. The molecule has 0 spiro atoms. The highest BCUT2D eigenvalue weighted by Gasteiger charge is 2.50. The first-order chi connectivity index (χ1) is 16.8. The van der Waals surface area contributed by atoms with Crippen LogP contribution in [0.3, 0.4) is 0 Å².